The number of ether oxygens (including phenoxy) is 1. The van der Waals surface area contributed by atoms with Crippen molar-refractivity contribution in [3.05, 3.63) is 28.2 Å². The molecule has 0 bridgehead atoms. The molecule has 0 radical (unpaired) electrons. The number of methoxy groups -OCH3 is 1. The Morgan fingerprint density at radius 1 is 1.32 bits per heavy atom. The summed E-state index contributed by atoms with van der Waals surface area (Å²) in [6.45, 7) is 2.23. The lowest BCUT2D eigenvalue weighted by molar-refractivity contribution is 0.400. The van der Waals surface area contributed by atoms with Gasteiger partial charge in [-0.15, -0.1) is 0 Å². The molecule has 0 saturated carbocycles. The highest BCUT2D eigenvalue weighted by Crippen LogP contribution is 2.25. The van der Waals surface area contributed by atoms with Gasteiger partial charge in [-0.3, -0.25) is 11.3 Å². The van der Waals surface area contributed by atoms with Crippen LogP contribution in [0.5, 0.6) is 5.75 Å². The highest BCUT2D eigenvalue weighted by atomic mass is 79.9. The van der Waals surface area contributed by atoms with Gasteiger partial charge in [0.05, 0.1) is 7.11 Å². The number of nitrogens with one attached hydrogen (secondary N) is 1. The predicted octanol–water partition coefficient (Wildman–Crippen LogP) is 3.80. The van der Waals surface area contributed by atoms with Crippen LogP contribution in [0.15, 0.2) is 22.7 Å². The Labute approximate surface area is 125 Å². The van der Waals surface area contributed by atoms with Crippen molar-refractivity contribution in [2.75, 3.05) is 7.11 Å². The van der Waals surface area contributed by atoms with Crippen LogP contribution in [0.4, 0.5) is 0 Å². The molecule has 0 aromatic heterocycles. The first-order valence-corrected chi connectivity index (χ1v) is 7.79. The number of unbranched alkanes of at least 4 members (excludes halogenated alkanes) is 3. The summed E-state index contributed by atoms with van der Waals surface area (Å²) in [5, 5.41) is 0. The average molecular weight is 329 g/mol. The molecular weight excluding hydrogens is 304 g/mol. The molecule has 1 aromatic rings. The minimum absolute atomic E-state index is 0.306. The number of hydrogen-bond acceptors (Lipinski definition) is 3. The molecule has 0 aliphatic rings. The summed E-state index contributed by atoms with van der Waals surface area (Å²) >= 11 is 3.50. The Morgan fingerprint density at radius 2 is 2.11 bits per heavy atom. The number of hydrazine groups is 1. The van der Waals surface area contributed by atoms with E-state index in [0.717, 1.165) is 23.1 Å². The molecule has 0 aliphatic carbocycles. The maximum atomic E-state index is 5.66. The Kier molecular flexibility index (Phi) is 8.10. The topological polar surface area (TPSA) is 47.3 Å². The zero-order valence-electron chi connectivity index (χ0n) is 11.9. The van der Waals surface area contributed by atoms with Crippen molar-refractivity contribution < 1.29 is 4.74 Å². The molecule has 0 fully saturated rings. The third kappa shape index (κ3) is 5.93. The fourth-order valence-corrected chi connectivity index (χ4v) is 2.64. The first-order chi connectivity index (χ1) is 9.21. The van der Waals surface area contributed by atoms with Gasteiger partial charge in [-0.05, 0) is 36.6 Å². The van der Waals surface area contributed by atoms with E-state index in [4.69, 9.17) is 10.6 Å². The average Bonchev–Trinajstić information content (AvgIpc) is 2.42. The molecule has 0 saturated heterocycles. The van der Waals surface area contributed by atoms with Crippen molar-refractivity contribution in [1.82, 2.24) is 5.43 Å². The van der Waals surface area contributed by atoms with E-state index in [1.807, 2.05) is 12.1 Å². The van der Waals surface area contributed by atoms with E-state index in [2.05, 4.69) is 34.3 Å². The number of rotatable bonds is 9. The van der Waals surface area contributed by atoms with Crippen molar-refractivity contribution in [3.8, 4) is 5.75 Å². The quantitative estimate of drug-likeness (QED) is 0.411. The number of halogens is 1. The molecule has 3 nitrogen and oxygen atoms in total. The van der Waals surface area contributed by atoms with E-state index in [0.29, 0.717) is 6.04 Å². The van der Waals surface area contributed by atoms with Gasteiger partial charge in [0, 0.05) is 10.5 Å². The van der Waals surface area contributed by atoms with Gasteiger partial charge < -0.3 is 4.74 Å². The summed E-state index contributed by atoms with van der Waals surface area (Å²) in [7, 11) is 1.71. The Bertz CT molecular complexity index is 371. The van der Waals surface area contributed by atoms with E-state index < -0.39 is 0 Å². The summed E-state index contributed by atoms with van der Waals surface area (Å²) in [4.78, 5) is 0. The van der Waals surface area contributed by atoms with Crippen molar-refractivity contribution >= 4 is 15.9 Å². The fraction of sp³-hybridized carbons (Fsp3) is 0.600. The molecule has 1 atom stereocenters. The highest BCUT2D eigenvalue weighted by molar-refractivity contribution is 9.10. The lowest BCUT2D eigenvalue weighted by Crippen LogP contribution is -2.36. The maximum Gasteiger partial charge on any atom is 0.122 e. The van der Waals surface area contributed by atoms with Crippen molar-refractivity contribution in [2.45, 2.75) is 51.5 Å². The van der Waals surface area contributed by atoms with E-state index in [1.54, 1.807) is 7.11 Å². The molecule has 0 amide bonds. The third-order valence-electron chi connectivity index (χ3n) is 3.35. The standard InChI is InChI=1S/C15H25BrN2O/c1-3-4-5-6-7-14(18-17)11-12-10-13(16)8-9-15(12)19-2/h8-10,14,18H,3-7,11,17H2,1-2H3. The molecule has 0 aliphatic heterocycles. The summed E-state index contributed by atoms with van der Waals surface area (Å²) in [6.07, 6.45) is 7.07. The molecule has 0 spiro atoms. The van der Waals surface area contributed by atoms with Crippen molar-refractivity contribution in [2.24, 2.45) is 5.84 Å². The predicted molar refractivity (Wildman–Crippen MR) is 84.3 cm³/mol. The van der Waals surface area contributed by atoms with Crippen LogP contribution >= 0.6 is 15.9 Å². The van der Waals surface area contributed by atoms with Gasteiger partial charge in [0.25, 0.3) is 0 Å². The van der Waals surface area contributed by atoms with E-state index >= 15 is 0 Å². The Balaban J connectivity index is 2.56. The highest BCUT2D eigenvalue weighted by Gasteiger charge is 2.11. The first-order valence-electron chi connectivity index (χ1n) is 6.99. The summed E-state index contributed by atoms with van der Waals surface area (Å²) in [5.74, 6) is 6.59. The van der Waals surface area contributed by atoms with E-state index in [-0.39, 0.29) is 0 Å². The van der Waals surface area contributed by atoms with Crippen LogP contribution < -0.4 is 16.0 Å². The summed E-state index contributed by atoms with van der Waals surface area (Å²) < 4.78 is 6.47. The van der Waals surface area contributed by atoms with E-state index in [1.165, 1.54) is 31.2 Å². The molecular formula is C15H25BrN2O. The fourth-order valence-electron chi connectivity index (χ4n) is 2.23. The van der Waals surface area contributed by atoms with Crippen LogP contribution in [0.1, 0.15) is 44.6 Å². The van der Waals surface area contributed by atoms with Gasteiger partial charge in [0.1, 0.15) is 5.75 Å². The molecule has 3 N–H and O–H groups in total. The van der Waals surface area contributed by atoms with Crippen LogP contribution in [-0.4, -0.2) is 13.2 Å². The lowest BCUT2D eigenvalue weighted by atomic mass is 10.00. The summed E-state index contributed by atoms with van der Waals surface area (Å²) in [5.41, 5.74) is 4.12. The molecule has 4 heteroatoms. The van der Waals surface area contributed by atoms with Gasteiger partial charge in [-0.25, -0.2) is 0 Å². The smallest absolute Gasteiger partial charge is 0.122 e. The van der Waals surface area contributed by atoms with Gasteiger partial charge in [0.15, 0.2) is 0 Å². The van der Waals surface area contributed by atoms with Crippen LogP contribution in [0, 0.1) is 0 Å². The van der Waals surface area contributed by atoms with Gasteiger partial charge >= 0.3 is 0 Å². The van der Waals surface area contributed by atoms with Crippen LogP contribution in [0.25, 0.3) is 0 Å². The summed E-state index contributed by atoms with van der Waals surface area (Å²) in [6, 6.07) is 6.40. The zero-order valence-corrected chi connectivity index (χ0v) is 13.5. The normalized spacial score (nSPS) is 12.4. The molecule has 108 valence electrons. The molecule has 19 heavy (non-hydrogen) atoms. The zero-order chi connectivity index (χ0) is 14.1. The second-order valence-electron chi connectivity index (χ2n) is 4.87. The van der Waals surface area contributed by atoms with E-state index in [9.17, 15) is 0 Å². The molecule has 1 unspecified atom stereocenters. The number of benzene rings is 1. The molecule has 1 aromatic carbocycles. The Hall–Kier alpha value is -0.580. The second kappa shape index (κ2) is 9.34. The van der Waals surface area contributed by atoms with Gasteiger partial charge in [-0.2, -0.15) is 0 Å². The monoisotopic (exact) mass is 328 g/mol. The van der Waals surface area contributed by atoms with Crippen LogP contribution in [0.3, 0.4) is 0 Å². The van der Waals surface area contributed by atoms with Gasteiger partial charge in [0.2, 0.25) is 0 Å². The van der Waals surface area contributed by atoms with Crippen LogP contribution in [0.2, 0.25) is 0 Å². The lowest BCUT2D eigenvalue weighted by Gasteiger charge is -2.17. The number of hydrogen-bond donors (Lipinski definition) is 2. The van der Waals surface area contributed by atoms with Crippen LogP contribution in [-0.2, 0) is 6.42 Å². The third-order valence-corrected chi connectivity index (χ3v) is 3.84. The maximum absolute atomic E-state index is 5.66. The van der Waals surface area contributed by atoms with Crippen molar-refractivity contribution in [1.29, 1.82) is 0 Å². The second-order valence-corrected chi connectivity index (χ2v) is 5.79. The molecule has 0 heterocycles. The number of nitrogens with two attached hydrogens (primary N) is 1. The minimum Gasteiger partial charge on any atom is -0.496 e. The van der Waals surface area contributed by atoms with Gasteiger partial charge in [-0.1, -0.05) is 48.5 Å². The minimum atomic E-state index is 0.306. The SMILES string of the molecule is CCCCCCC(Cc1cc(Br)ccc1OC)NN. The largest absolute Gasteiger partial charge is 0.496 e. The Morgan fingerprint density at radius 3 is 2.74 bits per heavy atom. The van der Waals surface area contributed by atoms with Crippen molar-refractivity contribution in [3.63, 3.8) is 0 Å². The first kappa shape index (κ1) is 16.5. The molecule has 1 rings (SSSR count).